The Morgan fingerprint density at radius 2 is 2.30 bits per heavy atom. The first-order valence-corrected chi connectivity index (χ1v) is 8.21. The van der Waals surface area contributed by atoms with Crippen LogP contribution in [-0.2, 0) is 4.79 Å². The van der Waals surface area contributed by atoms with Gasteiger partial charge in [-0.05, 0) is 36.6 Å². The highest BCUT2D eigenvalue weighted by Crippen LogP contribution is 2.24. The molecule has 0 bridgehead atoms. The fourth-order valence-electron chi connectivity index (χ4n) is 1.61. The number of carbonyl (C=O) groups is 1. The molecule has 2 rings (SSSR count). The third-order valence-electron chi connectivity index (χ3n) is 2.61. The molecule has 0 aliphatic rings. The Bertz CT molecular complexity index is 589. The lowest BCUT2D eigenvalue weighted by Gasteiger charge is -2.12. The van der Waals surface area contributed by atoms with Crippen molar-refractivity contribution >= 4 is 40.6 Å². The van der Waals surface area contributed by atoms with Crippen LogP contribution in [0.25, 0.3) is 0 Å². The van der Waals surface area contributed by atoms with Gasteiger partial charge in [0, 0.05) is 9.77 Å². The fraction of sp³-hybridized carbons (Fsp3) is 0.214. The molecule has 1 N–H and O–H groups in total. The Balaban J connectivity index is 1.84. The van der Waals surface area contributed by atoms with E-state index in [1.165, 1.54) is 23.9 Å². The number of hydrogen-bond donors (Lipinski definition) is 1. The minimum atomic E-state index is -0.452. The first-order chi connectivity index (χ1) is 9.56. The van der Waals surface area contributed by atoms with Gasteiger partial charge in [-0.1, -0.05) is 17.7 Å². The second-order valence-corrected chi connectivity index (χ2v) is 6.60. The quantitative estimate of drug-likeness (QED) is 0.818. The number of nitrogens with one attached hydrogen (secondary N) is 1. The van der Waals surface area contributed by atoms with Crippen LogP contribution in [-0.4, -0.2) is 11.7 Å². The molecule has 0 saturated heterocycles. The number of thiophene rings is 1. The second-order valence-electron chi connectivity index (χ2n) is 4.17. The van der Waals surface area contributed by atoms with Gasteiger partial charge in [0.2, 0.25) is 5.91 Å². The van der Waals surface area contributed by atoms with Gasteiger partial charge in [0.25, 0.3) is 0 Å². The summed E-state index contributed by atoms with van der Waals surface area (Å²) in [6.45, 7) is 1.95. The standard InChI is InChI=1S/C14H13ClFNOS2/c1-9(13-3-2-6-19-13)17-14(18)8-20-10-4-5-12(16)11(15)7-10/h2-7,9H,8H2,1H3,(H,17,18)/t9-/m1/s1. The minimum absolute atomic E-state index is 0.0000873. The molecule has 1 heterocycles. The molecule has 0 saturated carbocycles. The maximum atomic E-state index is 13.0. The number of hydrogen-bond acceptors (Lipinski definition) is 3. The van der Waals surface area contributed by atoms with E-state index in [0.29, 0.717) is 0 Å². The fourth-order valence-corrected chi connectivity index (χ4v) is 3.33. The molecule has 2 aromatic rings. The average Bonchev–Trinajstić information content (AvgIpc) is 2.94. The molecule has 1 aromatic carbocycles. The van der Waals surface area contributed by atoms with Gasteiger partial charge in [-0.2, -0.15) is 0 Å². The smallest absolute Gasteiger partial charge is 0.230 e. The van der Waals surface area contributed by atoms with E-state index < -0.39 is 5.82 Å². The monoisotopic (exact) mass is 329 g/mol. The van der Waals surface area contributed by atoms with Crippen LogP contribution in [0.5, 0.6) is 0 Å². The Morgan fingerprint density at radius 3 is 2.95 bits per heavy atom. The molecule has 20 heavy (non-hydrogen) atoms. The summed E-state index contributed by atoms with van der Waals surface area (Å²) in [5.74, 6) is -0.236. The number of carbonyl (C=O) groups excluding carboxylic acids is 1. The normalized spacial score (nSPS) is 12.2. The van der Waals surface area contributed by atoms with Crippen molar-refractivity contribution in [3.05, 3.63) is 51.4 Å². The van der Waals surface area contributed by atoms with E-state index in [4.69, 9.17) is 11.6 Å². The lowest BCUT2D eigenvalue weighted by atomic mass is 10.3. The maximum absolute atomic E-state index is 13.0. The summed E-state index contributed by atoms with van der Waals surface area (Å²) in [5.41, 5.74) is 0. The molecule has 2 nitrogen and oxygen atoms in total. The Hall–Kier alpha value is -1.04. The predicted octanol–water partition coefficient (Wildman–Crippen LogP) is 4.51. The van der Waals surface area contributed by atoms with Crippen LogP contribution >= 0.6 is 34.7 Å². The van der Waals surface area contributed by atoms with E-state index in [0.717, 1.165) is 9.77 Å². The summed E-state index contributed by atoms with van der Waals surface area (Å²) >= 11 is 8.63. The van der Waals surface area contributed by atoms with Crippen molar-refractivity contribution in [2.24, 2.45) is 0 Å². The number of rotatable bonds is 5. The summed E-state index contributed by atoms with van der Waals surface area (Å²) in [7, 11) is 0. The largest absolute Gasteiger partial charge is 0.348 e. The van der Waals surface area contributed by atoms with Crippen molar-refractivity contribution < 1.29 is 9.18 Å². The lowest BCUT2D eigenvalue weighted by Crippen LogP contribution is -2.27. The maximum Gasteiger partial charge on any atom is 0.230 e. The Morgan fingerprint density at radius 1 is 1.50 bits per heavy atom. The molecule has 0 aliphatic heterocycles. The highest BCUT2D eigenvalue weighted by Gasteiger charge is 2.11. The zero-order chi connectivity index (χ0) is 14.5. The number of benzene rings is 1. The second kappa shape index (κ2) is 7.11. The summed E-state index contributed by atoms with van der Waals surface area (Å²) in [6, 6.07) is 8.39. The van der Waals surface area contributed by atoms with Crippen LogP contribution in [0.2, 0.25) is 5.02 Å². The van der Waals surface area contributed by atoms with Crippen LogP contribution in [0.1, 0.15) is 17.8 Å². The summed E-state index contributed by atoms with van der Waals surface area (Å²) in [5, 5.41) is 4.97. The van der Waals surface area contributed by atoms with Crippen LogP contribution in [0.3, 0.4) is 0 Å². The summed E-state index contributed by atoms with van der Waals surface area (Å²) in [6.07, 6.45) is 0. The lowest BCUT2D eigenvalue weighted by molar-refractivity contribution is -0.119. The summed E-state index contributed by atoms with van der Waals surface area (Å²) < 4.78 is 13.0. The Kier molecular flexibility index (Phi) is 5.46. The molecule has 0 aliphatic carbocycles. The number of amides is 1. The molecule has 1 amide bonds. The predicted molar refractivity (Wildman–Crippen MR) is 83.0 cm³/mol. The van der Waals surface area contributed by atoms with E-state index in [1.54, 1.807) is 17.4 Å². The van der Waals surface area contributed by atoms with E-state index in [1.807, 2.05) is 24.4 Å². The van der Waals surface area contributed by atoms with Crippen LogP contribution in [0, 0.1) is 5.82 Å². The van der Waals surface area contributed by atoms with Crippen LogP contribution < -0.4 is 5.32 Å². The van der Waals surface area contributed by atoms with Crippen molar-refractivity contribution in [2.75, 3.05) is 5.75 Å². The Labute approximate surface area is 130 Å². The van der Waals surface area contributed by atoms with Gasteiger partial charge in [-0.25, -0.2) is 4.39 Å². The van der Waals surface area contributed by atoms with Gasteiger partial charge in [0.1, 0.15) is 5.82 Å². The first-order valence-electron chi connectivity index (χ1n) is 5.97. The molecule has 1 atom stereocenters. The van der Waals surface area contributed by atoms with E-state index >= 15 is 0 Å². The molecular weight excluding hydrogens is 317 g/mol. The average molecular weight is 330 g/mol. The van der Waals surface area contributed by atoms with Gasteiger partial charge in [0.15, 0.2) is 0 Å². The first kappa shape index (κ1) is 15.4. The molecule has 0 fully saturated rings. The van der Waals surface area contributed by atoms with Crippen molar-refractivity contribution in [1.29, 1.82) is 0 Å². The summed E-state index contributed by atoms with van der Waals surface area (Å²) in [4.78, 5) is 13.7. The molecule has 6 heteroatoms. The van der Waals surface area contributed by atoms with Gasteiger partial charge in [0.05, 0.1) is 16.8 Å². The van der Waals surface area contributed by atoms with Crippen LogP contribution in [0.15, 0.2) is 40.6 Å². The third kappa shape index (κ3) is 4.23. The van der Waals surface area contributed by atoms with Gasteiger partial charge in [-0.3, -0.25) is 4.79 Å². The molecule has 0 radical (unpaired) electrons. The molecule has 106 valence electrons. The molecule has 0 spiro atoms. The van der Waals surface area contributed by atoms with Crippen molar-refractivity contribution in [3.8, 4) is 0 Å². The van der Waals surface area contributed by atoms with Gasteiger partial charge in [-0.15, -0.1) is 23.1 Å². The molecule has 1 aromatic heterocycles. The molecular formula is C14H13ClFNOS2. The highest BCUT2D eigenvalue weighted by molar-refractivity contribution is 8.00. The zero-order valence-electron chi connectivity index (χ0n) is 10.7. The zero-order valence-corrected chi connectivity index (χ0v) is 13.1. The number of halogens is 2. The van der Waals surface area contributed by atoms with Gasteiger partial charge >= 0.3 is 0 Å². The van der Waals surface area contributed by atoms with Gasteiger partial charge < -0.3 is 5.32 Å². The number of thioether (sulfide) groups is 1. The third-order valence-corrected chi connectivity index (χ3v) is 4.95. The topological polar surface area (TPSA) is 29.1 Å². The van der Waals surface area contributed by atoms with Crippen molar-refractivity contribution in [3.63, 3.8) is 0 Å². The van der Waals surface area contributed by atoms with E-state index in [2.05, 4.69) is 5.32 Å². The SMILES string of the molecule is C[C@@H](NC(=O)CSc1ccc(F)c(Cl)c1)c1cccs1. The minimum Gasteiger partial charge on any atom is -0.348 e. The molecule has 0 unspecified atom stereocenters. The van der Waals surface area contributed by atoms with Crippen molar-refractivity contribution in [2.45, 2.75) is 17.9 Å². The van der Waals surface area contributed by atoms with E-state index in [-0.39, 0.29) is 22.7 Å². The highest BCUT2D eigenvalue weighted by atomic mass is 35.5. The van der Waals surface area contributed by atoms with E-state index in [9.17, 15) is 9.18 Å². The van der Waals surface area contributed by atoms with Crippen molar-refractivity contribution in [1.82, 2.24) is 5.32 Å². The van der Waals surface area contributed by atoms with Crippen LogP contribution in [0.4, 0.5) is 4.39 Å².